The molecule has 1 aliphatic heterocycles. The molecular formula is C18H31N3O3S. The number of carbonyl (C=O) groups is 1. The van der Waals surface area contributed by atoms with Gasteiger partial charge in [0.05, 0.1) is 0 Å². The van der Waals surface area contributed by atoms with E-state index < -0.39 is 10.0 Å². The van der Waals surface area contributed by atoms with Crippen molar-refractivity contribution >= 4 is 15.9 Å². The van der Waals surface area contributed by atoms with Crippen LogP contribution in [-0.4, -0.2) is 54.3 Å². The van der Waals surface area contributed by atoms with Crippen molar-refractivity contribution in [2.24, 2.45) is 13.0 Å². The van der Waals surface area contributed by atoms with Gasteiger partial charge in [-0.25, -0.2) is 8.42 Å². The van der Waals surface area contributed by atoms with E-state index in [1.807, 2.05) is 11.8 Å². The number of aryl methyl sites for hydroxylation is 1. The molecule has 7 heteroatoms. The van der Waals surface area contributed by atoms with Crippen LogP contribution in [0.15, 0.2) is 17.2 Å². The second-order valence-corrected chi connectivity index (χ2v) is 8.75. The van der Waals surface area contributed by atoms with E-state index in [1.165, 1.54) is 10.4 Å². The Bertz CT molecular complexity index is 686. The first kappa shape index (κ1) is 20.0. The smallest absolute Gasteiger partial charge is 0.270 e. The number of sulfonamides is 1. The van der Waals surface area contributed by atoms with Crippen LogP contribution in [-0.2, 0) is 17.1 Å². The van der Waals surface area contributed by atoms with E-state index >= 15 is 0 Å². The van der Waals surface area contributed by atoms with Crippen molar-refractivity contribution in [2.75, 3.05) is 26.2 Å². The topological polar surface area (TPSA) is 62.6 Å². The molecule has 0 unspecified atom stereocenters. The van der Waals surface area contributed by atoms with Crippen LogP contribution >= 0.6 is 0 Å². The second-order valence-electron chi connectivity index (χ2n) is 6.81. The lowest BCUT2D eigenvalue weighted by Crippen LogP contribution is -2.36. The number of aromatic nitrogens is 1. The first-order valence-electron chi connectivity index (χ1n) is 9.30. The first-order valence-corrected chi connectivity index (χ1v) is 10.7. The van der Waals surface area contributed by atoms with Crippen molar-refractivity contribution in [3.63, 3.8) is 0 Å². The molecule has 142 valence electrons. The summed E-state index contributed by atoms with van der Waals surface area (Å²) < 4.78 is 28.6. The summed E-state index contributed by atoms with van der Waals surface area (Å²) in [5, 5.41) is 0. The molecule has 0 radical (unpaired) electrons. The molecule has 0 atom stereocenters. The maximum absolute atomic E-state index is 12.9. The molecule has 2 rings (SSSR count). The lowest BCUT2D eigenvalue weighted by molar-refractivity contribution is 0.0725. The number of carbonyl (C=O) groups excluding carboxylic acids is 1. The molecule has 0 aliphatic carbocycles. The second kappa shape index (κ2) is 8.36. The van der Waals surface area contributed by atoms with E-state index in [9.17, 15) is 13.2 Å². The number of rotatable bonds is 8. The average molecular weight is 370 g/mol. The van der Waals surface area contributed by atoms with Crippen LogP contribution in [0.4, 0.5) is 0 Å². The largest absolute Gasteiger partial charge is 0.345 e. The van der Waals surface area contributed by atoms with Crippen LogP contribution in [0.2, 0.25) is 0 Å². The van der Waals surface area contributed by atoms with Crippen LogP contribution in [0, 0.1) is 5.92 Å². The molecule has 1 saturated heterocycles. The Hall–Kier alpha value is -1.34. The Balaban J connectivity index is 2.24. The molecule has 25 heavy (non-hydrogen) atoms. The molecule has 1 aromatic rings. The average Bonchev–Trinajstić information content (AvgIpc) is 3.25. The fourth-order valence-electron chi connectivity index (χ4n) is 3.34. The van der Waals surface area contributed by atoms with Crippen LogP contribution in [0.5, 0.6) is 0 Å². The van der Waals surface area contributed by atoms with Gasteiger partial charge in [-0.15, -0.1) is 0 Å². The molecule has 1 amide bonds. The zero-order chi connectivity index (χ0) is 18.6. The summed E-state index contributed by atoms with van der Waals surface area (Å²) in [4.78, 5) is 15.0. The third-order valence-electron chi connectivity index (χ3n) is 5.20. The standard InChI is InChI=1S/C18H31N3O3S/c1-5-15(6-2)13-20(7-3)18(22)17-12-16(14-19(17)4)25(23,24)21-10-8-9-11-21/h12,14-15H,5-11,13H2,1-4H3. The van der Waals surface area contributed by atoms with Crippen molar-refractivity contribution < 1.29 is 13.2 Å². The molecule has 1 fully saturated rings. The van der Waals surface area contributed by atoms with Crippen LogP contribution < -0.4 is 0 Å². The van der Waals surface area contributed by atoms with Gasteiger partial charge in [0.25, 0.3) is 5.91 Å². The monoisotopic (exact) mass is 369 g/mol. The third-order valence-corrected chi connectivity index (χ3v) is 7.07. The minimum atomic E-state index is -3.50. The highest BCUT2D eigenvalue weighted by atomic mass is 32.2. The van der Waals surface area contributed by atoms with Gasteiger partial charge in [-0.05, 0) is 31.7 Å². The molecule has 1 aromatic heterocycles. The van der Waals surface area contributed by atoms with Crippen LogP contribution in [0.1, 0.15) is 56.9 Å². The maximum atomic E-state index is 12.9. The van der Waals surface area contributed by atoms with Gasteiger partial charge in [0.2, 0.25) is 10.0 Å². The van der Waals surface area contributed by atoms with Gasteiger partial charge in [-0.1, -0.05) is 26.7 Å². The lowest BCUT2D eigenvalue weighted by Gasteiger charge is -2.25. The fourth-order valence-corrected chi connectivity index (χ4v) is 4.93. The molecule has 0 aromatic carbocycles. The molecule has 0 N–H and O–H groups in total. The highest BCUT2D eigenvalue weighted by molar-refractivity contribution is 7.89. The number of hydrogen-bond donors (Lipinski definition) is 0. The van der Waals surface area contributed by atoms with Crippen molar-refractivity contribution in [3.05, 3.63) is 18.0 Å². The SMILES string of the molecule is CCC(CC)CN(CC)C(=O)c1cc(S(=O)(=O)N2CCCC2)cn1C. The minimum absolute atomic E-state index is 0.0974. The molecule has 0 saturated carbocycles. The highest BCUT2D eigenvalue weighted by Crippen LogP contribution is 2.23. The van der Waals surface area contributed by atoms with Gasteiger partial charge in [0.1, 0.15) is 10.6 Å². The molecule has 0 spiro atoms. The number of amides is 1. The summed E-state index contributed by atoms with van der Waals surface area (Å²) in [6, 6.07) is 1.53. The molecule has 1 aliphatic rings. The Morgan fingerprint density at radius 3 is 2.32 bits per heavy atom. The van der Waals surface area contributed by atoms with Gasteiger partial charge >= 0.3 is 0 Å². The summed E-state index contributed by atoms with van der Waals surface area (Å²) in [6.07, 6.45) is 5.42. The number of hydrogen-bond acceptors (Lipinski definition) is 3. The lowest BCUT2D eigenvalue weighted by atomic mass is 10.0. The van der Waals surface area contributed by atoms with Crippen LogP contribution in [0.3, 0.4) is 0 Å². The van der Waals surface area contributed by atoms with Crippen LogP contribution in [0.25, 0.3) is 0 Å². The summed E-state index contributed by atoms with van der Waals surface area (Å²) in [7, 11) is -1.76. The van der Waals surface area contributed by atoms with E-state index in [0.717, 1.165) is 25.7 Å². The van der Waals surface area contributed by atoms with E-state index in [0.29, 0.717) is 37.8 Å². The Morgan fingerprint density at radius 2 is 1.80 bits per heavy atom. The molecule has 2 heterocycles. The summed E-state index contributed by atoms with van der Waals surface area (Å²) in [5.74, 6) is 0.372. The predicted molar refractivity (Wildman–Crippen MR) is 99.1 cm³/mol. The molecule has 0 bridgehead atoms. The highest BCUT2D eigenvalue weighted by Gasteiger charge is 2.30. The molecular weight excluding hydrogens is 338 g/mol. The van der Waals surface area contributed by atoms with Crippen molar-refractivity contribution in [1.82, 2.24) is 13.8 Å². The summed E-state index contributed by atoms with van der Waals surface area (Å²) in [6.45, 7) is 8.69. The third kappa shape index (κ3) is 4.26. The predicted octanol–water partition coefficient (Wildman–Crippen LogP) is 2.71. The summed E-state index contributed by atoms with van der Waals surface area (Å²) in [5.41, 5.74) is 0.436. The zero-order valence-corrected chi connectivity index (χ0v) is 16.7. The van der Waals surface area contributed by atoms with Gasteiger partial charge in [0.15, 0.2) is 0 Å². The minimum Gasteiger partial charge on any atom is -0.345 e. The first-order chi connectivity index (χ1) is 11.8. The molecule has 6 nitrogen and oxygen atoms in total. The summed E-state index contributed by atoms with van der Waals surface area (Å²) >= 11 is 0. The van der Waals surface area contributed by atoms with Gasteiger partial charge < -0.3 is 9.47 Å². The maximum Gasteiger partial charge on any atom is 0.270 e. The van der Waals surface area contributed by atoms with E-state index in [-0.39, 0.29) is 10.8 Å². The van der Waals surface area contributed by atoms with Gasteiger partial charge in [-0.2, -0.15) is 4.31 Å². The Labute approximate surface area is 151 Å². The van der Waals surface area contributed by atoms with E-state index in [4.69, 9.17) is 0 Å². The number of nitrogens with zero attached hydrogens (tertiary/aromatic N) is 3. The van der Waals surface area contributed by atoms with E-state index in [1.54, 1.807) is 17.8 Å². The van der Waals surface area contributed by atoms with Crippen molar-refractivity contribution in [1.29, 1.82) is 0 Å². The van der Waals surface area contributed by atoms with E-state index in [2.05, 4.69) is 13.8 Å². The Morgan fingerprint density at radius 1 is 1.20 bits per heavy atom. The fraction of sp³-hybridized carbons (Fsp3) is 0.722. The normalized spacial score (nSPS) is 15.9. The van der Waals surface area contributed by atoms with Crippen molar-refractivity contribution in [3.8, 4) is 0 Å². The Kier molecular flexibility index (Phi) is 6.68. The zero-order valence-electron chi connectivity index (χ0n) is 15.9. The van der Waals surface area contributed by atoms with Crippen molar-refractivity contribution in [2.45, 2.75) is 51.3 Å². The van der Waals surface area contributed by atoms with Gasteiger partial charge in [-0.3, -0.25) is 4.79 Å². The quantitative estimate of drug-likeness (QED) is 0.708. The van der Waals surface area contributed by atoms with Gasteiger partial charge in [0, 0.05) is 39.4 Å².